The van der Waals surface area contributed by atoms with Crippen molar-refractivity contribution in [3.8, 4) is 11.5 Å². The van der Waals surface area contributed by atoms with Gasteiger partial charge in [-0.3, -0.25) is 0 Å². The lowest BCUT2D eigenvalue weighted by Crippen LogP contribution is -2.14. The first-order valence-electron chi connectivity index (χ1n) is 6.69. The molecule has 0 saturated carbocycles. The van der Waals surface area contributed by atoms with Gasteiger partial charge in [0.2, 0.25) is 0 Å². The Kier molecular flexibility index (Phi) is 4.12. The van der Waals surface area contributed by atoms with Crippen LogP contribution in [-0.2, 0) is 12.8 Å². The van der Waals surface area contributed by atoms with Crippen molar-refractivity contribution in [1.29, 1.82) is 0 Å². The normalized spacial score (nSPS) is 16.0. The lowest BCUT2D eigenvalue weighted by molar-refractivity contribution is 0.382. The van der Waals surface area contributed by atoms with Crippen LogP contribution in [0.3, 0.4) is 0 Å². The summed E-state index contributed by atoms with van der Waals surface area (Å²) in [6, 6.07) is 2.11. The summed E-state index contributed by atoms with van der Waals surface area (Å²) in [6.07, 6.45) is 4.64. The zero-order valence-corrected chi connectivity index (χ0v) is 11.6. The van der Waals surface area contributed by atoms with Gasteiger partial charge in [0.25, 0.3) is 0 Å². The fourth-order valence-electron chi connectivity index (χ4n) is 2.81. The van der Waals surface area contributed by atoms with Crippen LogP contribution in [0.15, 0.2) is 6.07 Å². The Bertz CT molecular complexity index is 429. The van der Waals surface area contributed by atoms with E-state index in [1.54, 1.807) is 14.2 Å². The minimum atomic E-state index is 0.293. The van der Waals surface area contributed by atoms with Crippen LogP contribution in [0.4, 0.5) is 0 Å². The molecule has 0 bridgehead atoms. The highest BCUT2D eigenvalue weighted by Crippen LogP contribution is 2.41. The summed E-state index contributed by atoms with van der Waals surface area (Å²) in [7, 11) is 3.50. The number of benzene rings is 1. The quantitative estimate of drug-likeness (QED) is 0.892. The predicted molar refractivity (Wildman–Crippen MR) is 73.7 cm³/mol. The zero-order valence-electron chi connectivity index (χ0n) is 11.6. The molecule has 0 fully saturated rings. The fraction of sp³-hybridized carbons (Fsp3) is 0.600. The summed E-state index contributed by atoms with van der Waals surface area (Å²) < 4.78 is 11.2. The van der Waals surface area contributed by atoms with Crippen LogP contribution < -0.4 is 15.2 Å². The third-order valence-electron chi connectivity index (χ3n) is 3.90. The summed E-state index contributed by atoms with van der Waals surface area (Å²) >= 11 is 0. The predicted octanol–water partition coefficient (Wildman–Crippen LogP) is 2.64. The Hall–Kier alpha value is -1.22. The third-order valence-corrected chi connectivity index (χ3v) is 3.90. The van der Waals surface area contributed by atoms with Crippen LogP contribution in [0.25, 0.3) is 0 Å². The maximum absolute atomic E-state index is 5.80. The second-order valence-electron chi connectivity index (χ2n) is 5.00. The van der Waals surface area contributed by atoms with E-state index in [0.29, 0.717) is 12.5 Å². The molecule has 0 saturated heterocycles. The largest absolute Gasteiger partial charge is 0.496 e. The van der Waals surface area contributed by atoms with Crippen LogP contribution in [0, 0.1) is 0 Å². The molecule has 2 rings (SSSR count). The number of nitrogens with two attached hydrogens (primary N) is 1. The van der Waals surface area contributed by atoms with Crippen LogP contribution in [-0.4, -0.2) is 20.8 Å². The molecule has 2 N–H and O–H groups in total. The molecule has 0 spiro atoms. The number of hydrogen-bond donors (Lipinski definition) is 1. The average Bonchev–Trinajstić information content (AvgIpc) is 2.44. The molecule has 18 heavy (non-hydrogen) atoms. The Labute approximate surface area is 109 Å². The van der Waals surface area contributed by atoms with E-state index < -0.39 is 0 Å². The summed E-state index contributed by atoms with van der Waals surface area (Å²) in [5.41, 5.74) is 9.64. The SMILES string of the molecule is COc1cc(C(C)CN)c(OC)c2c1CCCC2. The van der Waals surface area contributed by atoms with Gasteiger partial charge in [0.15, 0.2) is 0 Å². The summed E-state index contributed by atoms with van der Waals surface area (Å²) in [5, 5.41) is 0. The molecule has 0 aromatic heterocycles. The molecule has 1 aliphatic carbocycles. The van der Waals surface area contributed by atoms with Gasteiger partial charge in [-0.1, -0.05) is 6.92 Å². The monoisotopic (exact) mass is 249 g/mol. The molecular formula is C15H23NO2. The van der Waals surface area contributed by atoms with E-state index in [1.165, 1.54) is 29.5 Å². The number of ether oxygens (including phenoxy) is 2. The van der Waals surface area contributed by atoms with Gasteiger partial charge in [0.05, 0.1) is 14.2 Å². The molecule has 1 aromatic carbocycles. The van der Waals surface area contributed by atoms with Crippen LogP contribution in [0.2, 0.25) is 0 Å². The molecule has 3 nitrogen and oxygen atoms in total. The van der Waals surface area contributed by atoms with Crippen molar-refractivity contribution >= 4 is 0 Å². The Morgan fingerprint density at radius 1 is 1.17 bits per heavy atom. The van der Waals surface area contributed by atoms with Gasteiger partial charge in [-0.15, -0.1) is 0 Å². The lowest BCUT2D eigenvalue weighted by Gasteiger charge is -2.25. The van der Waals surface area contributed by atoms with Crippen molar-refractivity contribution in [3.63, 3.8) is 0 Å². The van der Waals surface area contributed by atoms with Crippen molar-refractivity contribution in [2.75, 3.05) is 20.8 Å². The summed E-state index contributed by atoms with van der Waals surface area (Å²) in [4.78, 5) is 0. The van der Waals surface area contributed by atoms with Crippen LogP contribution in [0.5, 0.6) is 11.5 Å². The van der Waals surface area contributed by atoms with E-state index in [9.17, 15) is 0 Å². The number of hydrogen-bond acceptors (Lipinski definition) is 3. The highest BCUT2D eigenvalue weighted by atomic mass is 16.5. The highest BCUT2D eigenvalue weighted by Gasteiger charge is 2.23. The lowest BCUT2D eigenvalue weighted by atomic mass is 9.86. The molecule has 0 amide bonds. The van der Waals surface area contributed by atoms with Crippen molar-refractivity contribution in [1.82, 2.24) is 0 Å². The molecule has 1 aromatic rings. The standard InChI is InChI=1S/C15H23NO2/c1-10(9-16)13-8-14(17-2)11-6-4-5-7-12(11)15(13)18-3/h8,10H,4-7,9,16H2,1-3H3. The van der Waals surface area contributed by atoms with Gasteiger partial charge in [0.1, 0.15) is 11.5 Å². The summed E-state index contributed by atoms with van der Waals surface area (Å²) in [6.45, 7) is 2.75. The van der Waals surface area contributed by atoms with Crippen molar-refractivity contribution in [2.45, 2.75) is 38.5 Å². The van der Waals surface area contributed by atoms with Crippen LogP contribution >= 0.6 is 0 Å². The smallest absolute Gasteiger partial charge is 0.126 e. The minimum Gasteiger partial charge on any atom is -0.496 e. The minimum absolute atomic E-state index is 0.293. The molecule has 100 valence electrons. The summed E-state index contributed by atoms with van der Waals surface area (Å²) in [5.74, 6) is 2.32. The van der Waals surface area contributed by atoms with Crippen molar-refractivity contribution in [3.05, 3.63) is 22.8 Å². The van der Waals surface area contributed by atoms with E-state index in [1.807, 2.05) is 0 Å². The zero-order chi connectivity index (χ0) is 13.1. The molecule has 1 aliphatic rings. The van der Waals surface area contributed by atoms with E-state index in [-0.39, 0.29) is 0 Å². The van der Waals surface area contributed by atoms with E-state index in [4.69, 9.17) is 15.2 Å². The first-order chi connectivity index (χ1) is 8.72. The molecule has 0 radical (unpaired) electrons. The van der Waals surface area contributed by atoms with E-state index >= 15 is 0 Å². The second kappa shape index (κ2) is 5.61. The fourth-order valence-corrected chi connectivity index (χ4v) is 2.81. The maximum atomic E-state index is 5.80. The average molecular weight is 249 g/mol. The van der Waals surface area contributed by atoms with E-state index in [0.717, 1.165) is 24.3 Å². The molecule has 0 aliphatic heterocycles. The van der Waals surface area contributed by atoms with E-state index in [2.05, 4.69) is 13.0 Å². The van der Waals surface area contributed by atoms with Crippen molar-refractivity contribution < 1.29 is 9.47 Å². The first kappa shape index (κ1) is 13.2. The van der Waals surface area contributed by atoms with Gasteiger partial charge >= 0.3 is 0 Å². The molecule has 3 heteroatoms. The van der Waals surface area contributed by atoms with Gasteiger partial charge in [0, 0.05) is 16.7 Å². The molecule has 1 unspecified atom stereocenters. The van der Waals surface area contributed by atoms with Crippen molar-refractivity contribution in [2.24, 2.45) is 5.73 Å². The Balaban J connectivity index is 2.60. The molecule has 1 atom stereocenters. The maximum Gasteiger partial charge on any atom is 0.126 e. The number of rotatable bonds is 4. The van der Waals surface area contributed by atoms with Crippen LogP contribution in [0.1, 0.15) is 42.4 Å². The van der Waals surface area contributed by atoms with Gasteiger partial charge in [-0.2, -0.15) is 0 Å². The molecule has 0 heterocycles. The second-order valence-corrected chi connectivity index (χ2v) is 5.00. The highest BCUT2D eigenvalue weighted by molar-refractivity contribution is 5.56. The Morgan fingerprint density at radius 2 is 1.83 bits per heavy atom. The van der Waals surface area contributed by atoms with Gasteiger partial charge in [-0.05, 0) is 44.2 Å². The number of fused-ring (bicyclic) bond motifs is 1. The van der Waals surface area contributed by atoms with Gasteiger partial charge < -0.3 is 15.2 Å². The number of methoxy groups -OCH3 is 2. The Morgan fingerprint density at radius 3 is 2.39 bits per heavy atom. The van der Waals surface area contributed by atoms with Gasteiger partial charge in [-0.25, -0.2) is 0 Å². The first-order valence-corrected chi connectivity index (χ1v) is 6.69. The third kappa shape index (κ3) is 2.19. The topological polar surface area (TPSA) is 44.5 Å². The molecular weight excluding hydrogens is 226 g/mol.